The lowest BCUT2D eigenvalue weighted by Crippen LogP contribution is -2.28. The van der Waals surface area contributed by atoms with E-state index in [9.17, 15) is 21.2 Å². The molecule has 1 heterocycles. The zero-order chi connectivity index (χ0) is 19.7. The van der Waals surface area contributed by atoms with Crippen LogP contribution in [0, 0.1) is 5.82 Å². The highest BCUT2D eigenvalue weighted by Crippen LogP contribution is 2.23. The number of sulfonamides is 2. The van der Waals surface area contributed by atoms with Crippen molar-refractivity contribution in [1.82, 2.24) is 8.61 Å². The number of rotatable bonds is 6. The van der Waals surface area contributed by atoms with Crippen molar-refractivity contribution in [3.8, 4) is 0 Å². The standard InChI is InChI=1S/C18H21FN2O4S2/c1-20(14-15-5-4-6-16(19)13-15)26(22,23)17-7-9-18(10-8-17)27(24,25)21-11-2-3-12-21/h4-10,13H,2-3,11-12,14H2,1H3. The van der Waals surface area contributed by atoms with Crippen LogP contribution in [0.3, 0.4) is 0 Å². The Bertz CT molecular complexity index is 1020. The SMILES string of the molecule is CN(Cc1cccc(F)c1)S(=O)(=O)c1ccc(S(=O)(=O)N2CCCC2)cc1. The molecule has 9 heteroatoms. The third-order valence-corrected chi connectivity index (χ3v) is 8.26. The van der Waals surface area contributed by atoms with Gasteiger partial charge in [0, 0.05) is 26.7 Å². The molecule has 3 rings (SSSR count). The zero-order valence-electron chi connectivity index (χ0n) is 14.9. The van der Waals surface area contributed by atoms with Crippen LogP contribution in [-0.2, 0) is 26.6 Å². The molecule has 0 saturated carbocycles. The summed E-state index contributed by atoms with van der Waals surface area (Å²) in [5.74, 6) is -0.435. The number of hydrogen-bond acceptors (Lipinski definition) is 4. The fourth-order valence-electron chi connectivity index (χ4n) is 3.02. The minimum absolute atomic E-state index is 0.00786. The van der Waals surface area contributed by atoms with Crippen LogP contribution in [0.5, 0.6) is 0 Å². The largest absolute Gasteiger partial charge is 0.243 e. The molecule has 0 atom stereocenters. The van der Waals surface area contributed by atoms with Gasteiger partial charge in [0.05, 0.1) is 9.79 Å². The highest BCUT2D eigenvalue weighted by Gasteiger charge is 2.28. The Morgan fingerprint density at radius 1 is 0.963 bits per heavy atom. The zero-order valence-corrected chi connectivity index (χ0v) is 16.5. The third-order valence-electron chi connectivity index (χ3n) is 4.53. The molecule has 0 N–H and O–H groups in total. The van der Waals surface area contributed by atoms with Crippen molar-refractivity contribution in [2.75, 3.05) is 20.1 Å². The molecule has 1 aliphatic rings. The van der Waals surface area contributed by atoms with E-state index in [4.69, 9.17) is 0 Å². The van der Waals surface area contributed by atoms with Gasteiger partial charge in [-0.3, -0.25) is 0 Å². The maximum absolute atomic E-state index is 13.3. The van der Waals surface area contributed by atoms with E-state index in [1.165, 1.54) is 53.8 Å². The second-order valence-electron chi connectivity index (χ2n) is 6.47. The average molecular weight is 413 g/mol. The van der Waals surface area contributed by atoms with Gasteiger partial charge in [0.1, 0.15) is 5.82 Å². The van der Waals surface area contributed by atoms with Crippen LogP contribution in [0.4, 0.5) is 4.39 Å². The summed E-state index contributed by atoms with van der Waals surface area (Å²) < 4.78 is 66.3. The molecule has 0 spiro atoms. The quantitative estimate of drug-likeness (QED) is 0.730. The fourth-order valence-corrected chi connectivity index (χ4v) is 5.69. The van der Waals surface area contributed by atoms with Gasteiger partial charge in [-0.15, -0.1) is 0 Å². The summed E-state index contributed by atoms with van der Waals surface area (Å²) in [5, 5.41) is 0. The van der Waals surface area contributed by atoms with Crippen molar-refractivity contribution in [2.24, 2.45) is 0 Å². The van der Waals surface area contributed by atoms with E-state index in [2.05, 4.69) is 0 Å². The van der Waals surface area contributed by atoms with Gasteiger partial charge in [-0.05, 0) is 54.8 Å². The van der Waals surface area contributed by atoms with Crippen molar-refractivity contribution in [3.05, 3.63) is 59.9 Å². The van der Waals surface area contributed by atoms with Crippen LogP contribution in [-0.4, -0.2) is 45.6 Å². The molecule has 2 aromatic carbocycles. The maximum Gasteiger partial charge on any atom is 0.243 e. The van der Waals surface area contributed by atoms with Crippen LogP contribution in [0.1, 0.15) is 18.4 Å². The van der Waals surface area contributed by atoms with E-state index in [0.29, 0.717) is 18.7 Å². The van der Waals surface area contributed by atoms with Crippen molar-refractivity contribution in [3.63, 3.8) is 0 Å². The van der Waals surface area contributed by atoms with Gasteiger partial charge in [0.25, 0.3) is 0 Å². The topological polar surface area (TPSA) is 74.8 Å². The van der Waals surface area contributed by atoms with Crippen molar-refractivity contribution < 1.29 is 21.2 Å². The minimum atomic E-state index is -3.83. The summed E-state index contributed by atoms with van der Waals surface area (Å²) in [4.78, 5) is 0.0675. The van der Waals surface area contributed by atoms with E-state index in [1.54, 1.807) is 6.07 Å². The van der Waals surface area contributed by atoms with Crippen molar-refractivity contribution in [1.29, 1.82) is 0 Å². The summed E-state index contributed by atoms with van der Waals surface area (Å²) in [6.07, 6.45) is 1.66. The molecular formula is C18H21FN2O4S2. The summed E-state index contributed by atoms with van der Waals surface area (Å²) in [6, 6.07) is 10.9. The van der Waals surface area contributed by atoms with Crippen LogP contribution >= 0.6 is 0 Å². The molecule has 0 radical (unpaired) electrons. The molecule has 0 aliphatic carbocycles. The lowest BCUT2D eigenvalue weighted by molar-refractivity contribution is 0.465. The normalized spacial score (nSPS) is 16.1. The molecule has 2 aromatic rings. The molecule has 0 unspecified atom stereocenters. The molecule has 0 bridgehead atoms. The molecular weight excluding hydrogens is 391 g/mol. The molecule has 146 valence electrons. The van der Waals surface area contributed by atoms with Crippen LogP contribution in [0.2, 0.25) is 0 Å². The fraction of sp³-hybridized carbons (Fsp3) is 0.333. The number of nitrogens with zero attached hydrogens (tertiary/aromatic N) is 2. The maximum atomic E-state index is 13.3. The molecule has 0 aromatic heterocycles. The van der Waals surface area contributed by atoms with Gasteiger partial charge >= 0.3 is 0 Å². The number of hydrogen-bond donors (Lipinski definition) is 0. The van der Waals surface area contributed by atoms with E-state index in [1.807, 2.05) is 0 Å². The first-order valence-corrected chi connectivity index (χ1v) is 11.4. The van der Waals surface area contributed by atoms with Gasteiger partial charge in [0.15, 0.2) is 0 Å². The Morgan fingerprint density at radius 2 is 1.56 bits per heavy atom. The molecule has 0 amide bonds. The van der Waals surface area contributed by atoms with Crippen LogP contribution in [0.25, 0.3) is 0 Å². The van der Waals surface area contributed by atoms with E-state index >= 15 is 0 Å². The van der Waals surface area contributed by atoms with E-state index < -0.39 is 25.9 Å². The van der Waals surface area contributed by atoms with E-state index in [-0.39, 0.29) is 16.3 Å². The highest BCUT2D eigenvalue weighted by atomic mass is 32.2. The Labute approximate surface area is 159 Å². The summed E-state index contributed by atoms with van der Waals surface area (Å²) >= 11 is 0. The first kappa shape index (κ1) is 19.9. The molecule has 6 nitrogen and oxygen atoms in total. The van der Waals surface area contributed by atoms with Gasteiger partial charge in [0.2, 0.25) is 20.0 Å². The van der Waals surface area contributed by atoms with Crippen LogP contribution < -0.4 is 0 Å². The molecule has 1 aliphatic heterocycles. The Balaban J connectivity index is 1.80. The molecule has 1 fully saturated rings. The predicted molar refractivity (Wildman–Crippen MR) is 99.5 cm³/mol. The summed E-state index contributed by atoms with van der Waals surface area (Å²) in [7, 11) is -6.02. The monoisotopic (exact) mass is 412 g/mol. The third kappa shape index (κ3) is 4.21. The number of halogens is 1. The van der Waals surface area contributed by atoms with E-state index in [0.717, 1.165) is 17.1 Å². The van der Waals surface area contributed by atoms with Crippen LogP contribution in [0.15, 0.2) is 58.3 Å². The predicted octanol–water partition coefficient (Wildman–Crippen LogP) is 2.43. The average Bonchev–Trinajstić information content (AvgIpc) is 3.17. The Kier molecular flexibility index (Phi) is 5.66. The Morgan fingerprint density at radius 3 is 2.15 bits per heavy atom. The first-order valence-electron chi connectivity index (χ1n) is 8.52. The van der Waals surface area contributed by atoms with Gasteiger partial charge < -0.3 is 0 Å². The van der Waals surface area contributed by atoms with Crippen molar-refractivity contribution in [2.45, 2.75) is 29.2 Å². The second-order valence-corrected chi connectivity index (χ2v) is 10.5. The number of benzene rings is 2. The lowest BCUT2D eigenvalue weighted by atomic mass is 10.2. The summed E-state index contributed by atoms with van der Waals surface area (Å²) in [5.41, 5.74) is 0.523. The minimum Gasteiger partial charge on any atom is -0.207 e. The van der Waals surface area contributed by atoms with Crippen molar-refractivity contribution >= 4 is 20.0 Å². The molecule has 1 saturated heterocycles. The smallest absolute Gasteiger partial charge is 0.207 e. The van der Waals surface area contributed by atoms with Gasteiger partial charge in [-0.25, -0.2) is 21.2 Å². The Hall–Kier alpha value is -1.81. The van der Waals surface area contributed by atoms with Gasteiger partial charge in [-0.2, -0.15) is 8.61 Å². The lowest BCUT2D eigenvalue weighted by Gasteiger charge is -2.18. The first-order chi connectivity index (χ1) is 12.7. The second kappa shape index (κ2) is 7.67. The van der Waals surface area contributed by atoms with Gasteiger partial charge in [-0.1, -0.05) is 12.1 Å². The molecule has 27 heavy (non-hydrogen) atoms. The summed E-state index contributed by atoms with van der Waals surface area (Å²) in [6.45, 7) is 0.978. The highest BCUT2D eigenvalue weighted by molar-refractivity contribution is 7.89.